The topological polar surface area (TPSA) is 60.9 Å². The van der Waals surface area contributed by atoms with Gasteiger partial charge >= 0.3 is 0 Å². The predicted octanol–water partition coefficient (Wildman–Crippen LogP) is 8.62. The van der Waals surface area contributed by atoms with E-state index in [4.69, 9.17) is 0 Å². The molecule has 5 nitrogen and oxygen atoms in total. The van der Waals surface area contributed by atoms with Gasteiger partial charge in [-0.15, -0.1) is 11.3 Å². The standard InChI is InChI=1S/C38H30N2O3S/c1-38(2)30-19-16-25(22-31(30)39(3)34(38)23-29-35(41)37(43)36(29)42)33-21-20-32(44-33)24-14-17-28(18-15-24)40(26-10-6-4-7-11-26)27-12-8-5-9-13-27/h4-23,41H,1-3H3/b34-23+. The molecule has 0 saturated heterocycles. The SMILES string of the molecule is CN1/C(=C/c2c(O)c(=O)c2=O)C(C)(C)c2ccc(-c3ccc(-c4ccc(N(c5ccccc5)c5ccccc5)cc4)s3)cc21. The molecule has 6 heteroatoms. The zero-order valence-corrected chi connectivity index (χ0v) is 25.4. The first-order valence-corrected chi connectivity index (χ1v) is 15.3. The monoisotopic (exact) mass is 594 g/mol. The number of likely N-dealkylation sites (N-methyl/N-ethyl adjacent to an activating group) is 1. The predicted molar refractivity (Wildman–Crippen MR) is 182 cm³/mol. The lowest BCUT2D eigenvalue weighted by Gasteiger charge is -2.25. The first-order chi connectivity index (χ1) is 21.2. The summed E-state index contributed by atoms with van der Waals surface area (Å²) in [6.07, 6.45) is 1.66. The Morgan fingerprint density at radius 1 is 0.705 bits per heavy atom. The molecule has 0 saturated carbocycles. The summed E-state index contributed by atoms with van der Waals surface area (Å²) in [6.45, 7) is 4.18. The first-order valence-electron chi connectivity index (χ1n) is 14.5. The van der Waals surface area contributed by atoms with Crippen molar-refractivity contribution in [2.24, 2.45) is 0 Å². The van der Waals surface area contributed by atoms with Gasteiger partial charge in [-0.3, -0.25) is 9.59 Å². The molecule has 44 heavy (non-hydrogen) atoms. The Balaban J connectivity index is 1.18. The van der Waals surface area contributed by atoms with Crippen LogP contribution in [0.5, 0.6) is 5.75 Å². The Morgan fingerprint density at radius 3 is 1.84 bits per heavy atom. The molecule has 0 unspecified atom stereocenters. The van der Waals surface area contributed by atoms with E-state index in [9.17, 15) is 14.7 Å². The number of fused-ring (bicyclic) bond motifs is 1. The number of thiophene rings is 1. The van der Waals surface area contributed by atoms with Crippen molar-refractivity contribution in [2.45, 2.75) is 19.3 Å². The van der Waals surface area contributed by atoms with E-state index < -0.39 is 22.0 Å². The van der Waals surface area contributed by atoms with E-state index >= 15 is 0 Å². The van der Waals surface area contributed by atoms with Crippen LogP contribution in [0.25, 0.3) is 27.0 Å². The average Bonchev–Trinajstić information content (AvgIpc) is 3.62. The molecule has 216 valence electrons. The first kappa shape index (κ1) is 27.6. The number of nitrogens with zero attached hydrogens (tertiary/aromatic N) is 2. The summed E-state index contributed by atoms with van der Waals surface area (Å²) in [5, 5.41) is 9.96. The molecule has 5 aromatic carbocycles. The van der Waals surface area contributed by atoms with Crippen LogP contribution in [0, 0.1) is 0 Å². The van der Waals surface area contributed by atoms with Crippen LogP contribution in [-0.2, 0) is 5.41 Å². The summed E-state index contributed by atoms with van der Waals surface area (Å²) in [5.74, 6) is -0.449. The van der Waals surface area contributed by atoms with Crippen LogP contribution in [0.1, 0.15) is 25.0 Å². The van der Waals surface area contributed by atoms with Gasteiger partial charge in [-0.2, -0.15) is 0 Å². The van der Waals surface area contributed by atoms with Crippen LogP contribution in [0.3, 0.4) is 0 Å². The van der Waals surface area contributed by atoms with Crippen molar-refractivity contribution < 1.29 is 5.11 Å². The number of hydrogen-bond acceptors (Lipinski definition) is 6. The molecular formula is C38H30N2O3S. The van der Waals surface area contributed by atoms with E-state index in [2.05, 4.69) is 122 Å². The normalized spacial score (nSPS) is 14.7. The van der Waals surface area contributed by atoms with Crippen LogP contribution in [-0.4, -0.2) is 12.2 Å². The molecule has 6 aromatic rings. The molecule has 1 aromatic heterocycles. The van der Waals surface area contributed by atoms with Gasteiger partial charge < -0.3 is 14.9 Å². The molecular weight excluding hydrogens is 564 g/mol. The Bertz CT molecular complexity index is 2060. The number of anilines is 4. The maximum atomic E-state index is 12.1. The number of aromatic hydroxyl groups is 1. The molecule has 0 spiro atoms. The minimum absolute atomic E-state index is 0.0857. The average molecular weight is 595 g/mol. The molecule has 0 radical (unpaired) electrons. The molecule has 0 bridgehead atoms. The van der Waals surface area contributed by atoms with Gasteiger partial charge in [-0.05, 0) is 77.4 Å². The zero-order chi connectivity index (χ0) is 30.6. The van der Waals surface area contributed by atoms with Crippen molar-refractivity contribution in [1.29, 1.82) is 0 Å². The lowest BCUT2D eigenvalue weighted by Crippen LogP contribution is -2.33. The van der Waals surface area contributed by atoms with E-state index in [-0.39, 0.29) is 5.56 Å². The Labute approximate surface area is 259 Å². The highest BCUT2D eigenvalue weighted by Crippen LogP contribution is 2.49. The molecule has 1 aliphatic heterocycles. The second kappa shape index (κ2) is 10.5. The van der Waals surface area contributed by atoms with Gasteiger partial charge in [0.2, 0.25) is 5.43 Å². The molecule has 0 fully saturated rings. The number of benzene rings is 4. The van der Waals surface area contributed by atoms with Crippen LogP contribution in [0.4, 0.5) is 22.7 Å². The summed E-state index contributed by atoms with van der Waals surface area (Å²) in [5.41, 5.74) is 6.83. The third-order valence-electron chi connectivity index (χ3n) is 8.57. The van der Waals surface area contributed by atoms with Gasteiger partial charge in [0.15, 0.2) is 5.75 Å². The molecule has 2 heterocycles. The fourth-order valence-electron chi connectivity index (χ4n) is 6.15. The molecule has 1 N–H and O–H groups in total. The maximum absolute atomic E-state index is 12.1. The second-order valence-corrected chi connectivity index (χ2v) is 12.7. The molecule has 0 amide bonds. The number of rotatable bonds is 6. The smallest absolute Gasteiger partial charge is 0.268 e. The highest BCUT2D eigenvalue weighted by Gasteiger charge is 2.39. The van der Waals surface area contributed by atoms with Gasteiger partial charge in [-0.25, -0.2) is 0 Å². The Hall–Kier alpha value is -5.20. The number of allylic oxidation sites excluding steroid dienone is 1. The van der Waals surface area contributed by atoms with Crippen molar-refractivity contribution in [3.8, 4) is 26.6 Å². The van der Waals surface area contributed by atoms with Crippen LogP contribution in [0.2, 0.25) is 0 Å². The second-order valence-electron chi connectivity index (χ2n) is 11.6. The van der Waals surface area contributed by atoms with Crippen LogP contribution in [0.15, 0.2) is 131 Å². The third kappa shape index (κ3) is 4.46. The maximum Gasteiger partial charge on any atom is 0.268 e. The van der Waals surface area contributed by atoms with E-state index in [1.54, 1.807) is 17.4 Å². The lowest BCUT2D eigenvalue weighted by molar-refractivity contribution is 0.461. The molecule has 0 atom stereocenters. The van der Waals surface area contributed by atoms with Crippen molar-refractivity contribution >= 4 is 40.2 Å². The number of hydrogen-bond donors (Lipinski definition) is 1. The summed E-state index contributed by atoms with van der Waals surface area (Å²) in [4.78, 5) is 30.3. The fourth-order valence-corrected chi connectivity index (χ4v) is 7.16. The minimum atomic E-state index is -0.817. The van der Waals surface area contributed by atoms with Crippen molar-refractivity contribution in [1.82, 2.24) is 0 Å². The Morgan fingerprint density at radius 2 is 1.25 bits per heavy atom. The van der Waals surface area contributed by atoms with E-state index in [0.29, 0.717) is 0 Å². The summed E-state index contributed by atoms with van der Waals surface area (Å²) in [7, 11) is 1.96. The van der Waals surface area contributed by atoms with E-state index in [1.807, 2.05) is 24.1 Å². The van der Waals surface area contributed by atoms with Gasteiger partial charge in [0.05, 0.1) is 5.56 Å². The zero-order valence-electron chi connectivity index (χ0n) is 24.6. The van der Waals surface area contributed by atoms with Gasteiger partial charge in [0.25, 0.3) is 5.43 Å². The van der Waals surface area contributed by atoms with Gasteiger partial charge in [-0.1, -0.05) is 74.5 Å². The highest BCUT2D eigenvalue weighted by molar-refractivity contribution is 7.18. The van der Waals surface area contributed by atoms with E-state index in [0.717, 1.165) is 50.0 Å². The third-order valence-corrected chi connectivity index (χ3v) is 9.75. The number of para-hydroxylation sites is 2. The van der Waals surface area contributed by atoms with Crippen LogP contribution >= 0.6 is 11.3 Å². The summed E-state index contributed by atoms with van der Waals surface area (Å²) >= 11 is 1.75. The highest BCUT2D eigenvalue weighted by atomic mass is 32.1. The van der Waals surface area contributed by atoms with Crippen molar-refractivity contribution in [3.63, 3.8) is 0 Å². The van der Waals surface area contributed by atoms with Gasteiger partial charge in [0, 0.05) is 50.7 Å². The van der Waals surface area contributed by atoms with E-state index in [1.165, 1.54) is 4.88 Å². The summed E-state index contributed by atoms with van der Waals surface area (Å²) < 4.78 is 0. The lowest BCUT2D eigenvalue weighted by atomic mass is 9.82. The largest absolute Gasteiger partial charge is 0.504 e. The van der Waals surface area contributed by atoms with Gasteiger partial charge in [0.1, 0.15) is 0 Å². The van der Waals surface area contributed by atoms with Crippen LogP contribution < -0.4 is 20.7 Å². The summed E-state index contributed by atoms with van der Waals surface area (Å²) in [6, 6.07) is 40.3. The fraction of sp³-hybridized carbons (Fsp3) is 0.105. The molecule has 0 aliphatic carbocycles. The van der Waals surface area contributed by atoms with Crippen molar-refractivity contribution in [3.05, 3.63) is 153 Å². The molecule has 1 aliphatic rings. The molecule has 7 rings (SSSR count). The minimum Gasteiger partial charge on any atom is -0.504 e. The quantitative estimate of drug-likeness (QED) is 0.196. The van der Waals surface area contributed by atoms with Crippen molar-refractivity contribution in [2.75, 3.05) is 16.8 Å². The Kier molecular flexibility index (Phi) is 6.60.